The fourth-order valence-corrected chi connectivity index (χ4v) is 3.48. The van der Waals surface area contributed by atoms with E-state index in [1.165, 1.54) is 4.90 Å². The number of methoxy groups -OCH3 is 1. The van der Waals surface area contributed by atoms with E-state index in [9.17, 15) is 14.4 Å². The Kier molecular flexibility index (Phi) is 4.83. The maximum atomic E-state index is 12.3. The molecule has 1 aromatic carbocycles. The summed E-state index contributed by atoms with van der Waals surface area (Å²) in [5.74, 6) is 0.0199. The number of nitrogens with zero attached hydrogens (tertiary/aromatic N) is 1. The van der Waals surface area contributed by atoms with Crippen LogP contribution in [0.5, 0.6) is 11.5 Å². The molecule has 6 nitrogen and oxygen atoms in total. The first-order chi connectivity index (χ1) is 11.6. The van der Waals surface area contributed by atoms with E-state index in [1.54, 1.807) is 31.4 Å². The third-order valence-corrected chi connectivity index (χ3v) is 4.76. The van der Waals surface area contributed by atoms with E-state index in [0.29, 0.717) is 11.5 Å². The summed E-state index contributed by atoms with van der Waals surface area (Å²) < 4.78 is 10.3. The number of esters is 1. The summed E-state index contributed by atoms with van der Waals surface area (Å²) >= 11 is 0. The lowest BCUT2D eigenvalue weighted by Crippen LogP contribution is -2.33. The zero-order valence-electron chi connectivity index (χ0n) is 13.7. The van der Waals surface area contributed by atoms with Crippen molar-refractivity contribution in [2.45, 2.75) is 32.1 Å². The summed E-state index contributed by atoms with van der Waals surface area (Å²) in [6.45, 7) is 0.0969. The second kappa shape index (κ2) is 7.03. The minimum Gasteiger partial charge on any atom is -0.497 e. The van der Waals surface area contributed by atoms with Crippen molar-refractivity contribution in [2.75, 3.05) is 13.7 Å². The van der Waals surface area contributed by atoms with Gasteiger partial charge in [0.25, 0.3) is 0 Å². The molecule has 0 aromatic heterocycles. The molecular weight excluding hydrogens is 310 g/mol. The number of fused-ring (bicyclic) bond motifs is 1. The van der Waals surface area contributed by atoms with Crippen LogP contribution in [0.3, 0.4) is 0 Å². The molecule has 2 amide bonds. The number of hydrogen-bond donors (Lipinski definition) is 0. The Labute approximate surface area is 140 Å². The molecule has 0 spiro atoms. The van der Waals surface area contributed by atoms with Crippen molar-refractivity contribution in [2.24, 2.45) is 11.8 Å². The van der Waals surface area contributed by atoms with Gasteiger partial charge in [-0.2, -0.15) is 0 Å². The second-order valence-electron chi connectivity index (χ2n) is 6.23. The van der Waals surface area contributed by atoms with Gasteiger partial charge in [0.05, 0.1) is 25.4 Å². The van der Waals surface area contributed by atoms with Gasteiger partial charge in [0.2, 0.25) is 11.8 Å². The largest absolute Gasteiger partial charge is 0.497 e. The van der Waals surface area contributed by atoms with Crippen LogP contribution in [-0.2, 0) is 14.4 Å². The average molecular weight is 331 g/mol. The van der Waals surface area contributed by atoms with Crippen LogP contribution in [0.1, 0.15) is 32.1 Å². The summed E-state index contributed by atoms with van der Waals surface area (Å²) in [5.41, 5.74) is 0. The summed E-state index contributed by atoms with van der Waals surface area (Å²) in [7, 11) is 1.56. The minimum absolute atomic E-state index is 0.00293. The van der Waals surface area contributed by atoms with Gasteiger partial charge in [0, 0.05) is 6.54 Å². The summed E-state index contributed by atoms with van der Waals surface area (Å²) in [6, 6.07) is 6.66. The SMILES string of the molecule is COc1ccc(OC(=O)CCN2C(=O)[C@@H]3CCCC[C@H]3C2=O)cc1. The maximum Gasteiger partial charge on any atom is 0.312 e. The topological polar surface area (TPSA) is 72.9 Å². The molecule has 1 heterocycles. The van der Waals surface area contributed by atoms with E-state index < -0.39 is 5.97 Å². The fourth-order valence-electron chi connectivity index (χ4n) is 3.48. The number of hydrogen-bond acceptors (Lipinski definition) is 5. The Morgan fingerprint density at radius 3 is 2.12 bits per heavy atom. The minimum atomic E-state index is -0.462. The van der Waals surface area contributed by atoms with Gasteiger partial charge in [-0.15, -0.1) is 0 Å². The first-order valence-electron chi connectivity index (χ1n) is 8.30. The average Bonchev–Trinajstić information content (AvgIpc) is 2.85. The van der Waals surface area contributed by atoms with E-state index in [1.807, 2.05) is 0 Å². The van der Waals surface area contributed by atoms with Crippen molar-refractivity contribution in [1.82, 2.24) is 4.90 Å². The van der Waals surface area contributed by atoms with E-state index in [0.717, 1.165) is 25.7 Å². The molecule has 1 aliphatic carbocycles. The fraction of sp³-hybridized carbons (Fsp3) is 0.500. The van der Waals surface area contributed by atoms with Crippen molar-refractivity contribution < 1.29 is 23.9 Å². The lowest BCUT2D eigenvalue weighted by molar-refractivity contribution is -0.141. The quantitative estimate of drug-likeness (QED) is 0.470. The van der Waals surface area contributed by atoms with Crippen LogP contribution in [0.2, 0.25) is 0 Å². The Bertz CT molecular complexity index is 615. The molecule has 1 aromatic rings. The van der Waals surface area contributed by atoms with E-state index in [2.05, 4.69) is 0 Å². The molecule has 2 fully saturated rings. The highest BCUT2D eigenvalue weighted by Crippen LogP contribution is 2.37. The summed E-state index contributed by atoms with van der Waals surface area (Å²) in [6.07, 6.45) is 3.55. The van der Waals surface area contributed by atoms with Crippen LogP contribution < -0.4 is 9.47 Å². The molecule has 2 atom stereocenters. The van der Waals surface area contributed by atoms with Crippen LogP contribution in [0.15, 0.2) is 24.3 Å². The highest BCUT2D eigenvalue weighted by Gasteiger charge is 2.47. The highest BCUT2D eigenvalue weighted by molar-refractivity contribution is 6.05. The van der Waals surface area contributed by atoms with E-state index in [-0.39, 0.29) is 36.6 Å². The van der Waals surface area contributed by atoms with Gasteiger partial charge < -0.3 is 9.47 Å². The Morgan fingerprint density at radius 2 is 1.58 bits per heavy atom. The number of imide groups is 1. The zero-order valence-corrected chi connectivity index (χ0v) is 13.7. The van der Waals surface area contributed by atoms with Gasteiger partial charge >= 0.3 is 5.97 Å². The smallest absolute Gasteiger partial charge is 0.312 e. The third kappa shape index (κ3) is 3.27. The molecule has 1 aliphatic heterocycles. The number of likely N-dealkylation sites (tertiary alicyclic amines) is 1. The molecule has 0 bridgehead atoms. The molecule has 24 heavy (non-hydrogen) atoms. The van der Waals surface area contributed by atoms with Crippen molar-refractivity contribution in [3.05, 3.63) is 24.3 Å². The summed E-state index contributed by atoms with van der Waals surface area (Å²) in [5, 5.41) is 0. The van der Waals surface area contributed by atoms with Crippen molar-refractivity contribution in [1.29, 1.82) is 0 Å². The van der Waals surface area contributed by atoms with Crippen LogP contribution in [0.25, 0.3) is 0 Å². The Hall–Kier alpha value is -2.37. The molecule has 0 unspecified atom stereocenters. The first-order valence-corrected chi connectivity index (χ1v) is 8.30. The number of benzene rings is 1. The van der Waals surface area contributed by atoms with Crippen LogP contribution in [0.4, 0.5) is 0 Å². The molecule has 1 saturated carbocycles. The van der Waals surface area contributed by atoms with Crippen LogP contribution >= 0.6 is 0 Å². The number of carbonyl (C=O) groups is 3. The standard InChI is InChI=1S/C18H21NO5/c1-23-12-6-8-13(9-7-12)24-16(20)10-11-19-17(21)14-4-2-3-5-15(14)18(19)22/h6-9,14-15H,2-5,10-11H2,1H3/t14-,15-/m1/s1. The third-order valence-electron chi connectivity index (χ3n) is 4.76. The molecule has 1 saturated heterocycles. The van der Waals surface area contributed by atoms with Crippen molar-refractivity contribution >= 4 is 17.8 Å². The van der Waals surface area contributed by atoms with Crippen molar-refractivity contribution in [3.63, 3.8) is 0 Å². The number of rotatable bonds is 5. The van der Waals surface area contributed by atoms with Gasteiger partial charge in [-0.25, -0.2) is 0 Å². The normalized spacial score (nSPS) is 23.1. The molecule has 0 radical (unpaired) electrons. The first kappa shape index (κ1) is 16.5. The molecule has 2 aliphatic rings. The second-order valence-corrected chi connectivity index (χ2v) is 6.23. The Balaban J connectivity index is 1.54. The number of amides is 2. The molecular formula is C18H21NO5. The lowest BCUT2D eigenvalue weighted by atomic mass is 9.81. The molecule has 128 valence electrons. The summed E-state index contributed by atoms with van der Waals surface area (Å²) in [4.78, 5) is 37.9. The lowest BCUT2D eigenvalue weighted by Gasteiger charge is -2.19. The van der Waals surface area contributed by atoms with Crippen LogP contribution in [0, 0.1) is 11.8 Å². The van der Waals surface area contributed by atoms with Crippen LogP contribution in [-0.4, -0.2) is 36.3 Å². The van der Waals surface area contributed by atoms with E-state index >= 15 is 0 Å². The molecule has 3 rings (SSSR count). The van der Waals surface area contributed by atoms with Crippen molar-refractivity contribution in [3.8, 4) is 11.5 Å². The number of ether oxygens (including phenoxy) is 2. The zero-order chi connectivity index (χ0) is 17.1. The predicted molar refractivity (Wildman–Crippen MR) is 85.4 cm³/mol. The number of carbonyl (C=O) groups excluding carboxylic acids is 3. The van der Waals surface area contributed by atoms with Gasteiger partial charge in [0.15, 0.2) is 0 Å². The highest BCUT2D eigenvalue weighted by atomic mass is 16.5. The van der Waals surface area contributed by atoms with Gasteiger partial charge in [0.1, 0.15) is 11.5 Å². The van der Waals surface area contributed by atoms with Gasteiger partial charge in [-0.3, -0.25) is 19.3 Å². The maximum absolute atomic E-state index is 12.3. The monoisotopic (exact) mass is 331 g/mol. The van der Waals surface area contributed by atoms with Gasteiger partial charge in [-0.1, -0.05) is 12.8 Å². The Morgan fingerprint density at radius 1 is 1.04 bits per heavy atom. The van der Waals surface area contributed by atoms with Gasteiger partial charge in [-0.05, 0) is 37.1 Å². The van der Waals surface area contributed by atoms with E-state index in [4.69, 9.17) is 9.47 Å². The molecule has 0 N–H and O–H groups in total. The predicted octanol–water partition coefficient (Wildman–Crippen LogP) is 2.17. The molecule has 6 heteroatoms.